The van der Waals surface area contributed by atoms with Crippen LogP contribution in [0.25, 0.3) is 0 Å². The van der Waals surface area contributed by atoms with Crippen LogP contribution in [-0.2, 0) is 12.0 Å². The topological polar surface area (TPSA) is 30.0 Å². The van der Waals surface area contributed by atoms with Crippen molar-refractivity contribution in [2.24, 2.45) is 5.92 Å². The van der Waals surface area contributed by atoms with Gasteiger partial charge < -0.3 is 19.8 Å². The van der Waals surface area contributed by atoms with E-state index in [1.807, 2.05) is 13.8 Å². The second-order valence-electron chi connectivity index (χ2n) is 9.33. The van der Waals surface area contributed by atoms with Gasteiger partial charge in [-0.25, -0.2) is 0 Å². The monoisotopic (exact) mass is 393 g/mol. The molecule has 2 aromatic rings. The van der Waals surface area contributed by atoms with Crippen LogP contribution in [0.1, 0.15) is 31.4 Å². The molecule has 2 heterocycles. The van der Waals surface area contributed by atoms with E-state index in [9.17, 15) is 5.11 Å². The Balaban J connectivity index is 1.41. The lowest BCUT2D eigenvalue weighted by atomic mass is 9.96. The predicted octanol–water partition coefficient (Wildman–Crippen LogP) is 3.73. The molecule has 2 aromatic carbocycles. The predicted molar refractivity (Wildman–Crippen MR) is 122 cm³/mol. The zero-order chi connectivity index (χ0) is 20.4. The summed E-state index contributed by atoms with van der Waals surface area (Å²) in [6.45, 7) is 10.4. The molecular formula is C25H35N3O. The van der Waals surface area contributed by atoms with Crippen LogP contribution < -0.4 is 9.80 Å². The molecule has 1 atom stereocenters. The zero-order valence-corrected chi connectivity index (χ0v) is 18.1. The minimum atomic E-state index is -0.779. The van der Waals surface area contributed by atoms with Crippen molar-refractivity contribution in [1.29, 1.82) is 0 Å². The second-order valence-corrected chi connectivity index (χ2v) is 9.33. The third-order valence-electron chi connectivity index (χ3n) is 6.57. The quantitative estimate of drug-likeness (QED) is 0.838. The summed E-state index contributed by atoms with van der Waals surface area (Å²) in [6, 6.07) is 17.5. The summed E-state index contributed by atoms with van der Waals surface area (Å²) in [7, 11) is 2.21. The minimum absolute atomic E-state index is 0.692. The highest BCUT2D eigenvalue weighted by Gasteiger charge is 2.25. The summed E-state index contributed by atoms with van der Waals surface area (Å²) in [4.78, 5) is 7.48. The number of para-hydroxylation sites is 1. The highest BCUT2D eigenvalue weighted by molar-refractivity contribution is 5.55. The van der Waals surface area contributed by atoms with E-state index < -0.39 is 5.60 Å². The molecule has 0 saturated carbocycles. The average Bonchev–Trinajstić information content (AvgIpc) is 3.17. The number of piperazine rings is 1. The summed E-state index contributed by atoms with van der Waals surface area (Å²) in [5, 5.41) is 10.2. The molecular weight excluding hydrogens is 358 g/mol. The Labute approximate surface area is 175 Å². The minimum Gasteiger partial charge on any atom is -0.386 e. The van der Waals surface area contributed by atoms with Gasteiger partial charge in [-0.15, -0.1) is 0 Å². The van der Waals surface area contributed by atoms with E-state index >= 15 is 0 Å². The fourth-order valence-corrected chi connectivity index (χ4v) is 4.66. The van der Waals surface area contributed by atoms with Crippen molar-refractivity contribution in [3.8, 4) is 0 Å². The molecule has 1 N–H and O–H groups in total. The Morgan fingerprint density at radius 3 is 2.28 bits per heavy atom. The van der Waals surface area contributed by atoms with Gasteiger partial charge in [0.05, 0.1) is 5.60 Å². The van der Waals surface area contributed by atoms with Crippen molar-refractivity contribution in [2.75, 3.05) is 56.1 Å². The lowest BCUT2D eigenvalue weighted by molar-refractivity contribution is 0.0786. The third kappa shape index (κ3) is 4.76. The maximum atomic E-state index is 10.2. The first-order valence-electron chi connectivity index (χ1n) is 11.0. The van der Waals surface area contributed by atoms with Crippen molar-refractivity contribution in [2.45, 2.75) is 32.3 Å². The Bertz CT molecular complexity index is 804. The van der Waals surface area contributed by atoms with E-state index in [4.69, 9.17) is 0 Å². The van der Waals surface area contributed by atoms with Gasteiger partial charge >= 0.3 is 0 Å². The maximum Gasteiger partial charge on any atom is 0.0840 e. The summed E-state index contributed by atoms with van der Waals surface area (Å²) in [6.07, 6.45) is 2.39. The van der Waals surface area contributed by atoms with E-state index in [1.165, 1.54) is 23.4 Å². The number of hydrogen-bond donors (Lipinski definition) is 1. The van der Waals surface area contributed by atoms with Crippen LogP contribution >= 0.6 is 0 Å². The Morgan fingerprint density at radius 2 is 1.59 bits per heavy atom. The molecule has 2 fully saturated rings. The van der Waals surface area contributed by atoms with Gasteiger partial charge in [-0.2, -0.15) is 0 Å². The largest absolute Gasteiger partial charge is 0.386 e. The SMILES string of the molecule is CN1CCN(c2ccccc2C[C@H]2CCN(c3ccc(C(C)(C)O)cc3)C2)CC1. The van der Waals surface area contributed by atoms with Crippen molar-refractivity contribution < 1.29 is 5.11 Å². The van der Waals surface area contributed by atoms with Gasteiger partial charge in [-0.05, 0) is 69.0 Å². The Morgan fingerprint density at radius 1 is 0.897 bits per heavy atom. The highest BCUT2D eigenvalue weighted by Crippen LogP contribution is 2.31. The number of aliphatic hydroxyl groups is 1. The standard InChI is InChI=1S/C25H35N3O/c1-25(2,29)22-8-10-23(11-9-22)28-13-12-20(19-28)18-21-6-4-5-7-24(21)27-16-14-26(3)15-17-27/h4-11,20,29H,12-19H2,1-3H3/t20-/m1/s1. The van der Waals surface area contributed by atoms with Gasteiger partial charge in [0.1, 0.15) is 0 Å². The molecule has 2 aliphatic rings. The third-order valence-corrected chi connectivity index (χ3v) is 6.57. The van der Waals surface area contributed by atoms with Crippen LogP contribution in [0.3, 0.4) is 0 Å². The van der Waals surface area contributed by atoms with E-state index in [2.05, 4.69) is 70.3 Å². The molecule has 0 amide bonds. The smallest absolute Gasteiger partial charge is 0.0840 e. The average molecular weight is 394 g/mol. The van der Waals surface area contributed by atoms with Crippen LogP contribution in [0.15, 0.2) is 48.5 Å². The number of hydrogen-bond acceptors (Lipinski definition) is 4. The van der Waals surface area contributed by atoms with Crippen molar-refractivity contribution in [3.05, 3.63) is 59.7 Å². The van der Waals surface area contributed by atoms with Crippen LogP contribution in [0.2, 0.25) is 0 Å². The van der Waals surface area contributed by atoms with Gasteiger partial charge in [0.15, 0.2) is 0 Å². The normalized spacial score (nSPS) is 21.0. The second kappa shape index (κ2) is 8.37. The number of rotatable bonds is 5. The van der Waals surface area contributed by atoms with E-state index in [1.54, 1.807) is 0 Å². The molecule has 0 spiro atoms. The Hall–Kier alpha value is -2.04. The molecule has 4 heteroatoms. The van der Waals surface area contributed by atoms with Crippen molar-refractivity contribution in [3.63, 3.8) is 0 Å². The lowest BCUT2D eigenvalue weighted by Crippen LogP contribution is -2.44. The fourth-order valence-electron chi connectivity index (χ4n) is 4.66. The van der Waals surface area contributed by atoms with Crippen molar-refractivity contribution >= 4 is 11.4 Å². The fraction of sp³-hybridized carbons (Fsp3) is 0.520. The number of nitrogens with zero attached hydrogens (tertiary/aromatic N) is 3. The van der Waals surface area contributed by atoms with Gasteiger partial charge in [0.25, 0.3) is 0 Å². The van der Waals surface area contributed by atoms with Crippen LogP contribution in [0.5, 0.6) is 0 Å². The summed E-state index contributed by atoms with van der Waals surface area (Å²) in [5.74, 6) is 0.692. The maximum absolute atomic E-state index is 10.2. The van der Waals surface area contributed by atoms with Crippen molar-refractivity contribution in [1.82, 2.24) is 4.90 Å². The van der Waals surface area contributed by atoms with E-state index in [0.29, 0.717) is 5.92 Å². The van der Waals surface area contributed by atoms with E-state index in [-0.39, 0.29) is 0 Å². The summed E-state index contributed by atoms with van der Waals surface area (Å²) >= 11 is 0. The number of benzene rings is 2. The molecule has 0 bridgehead atoms. The molecule has 4 rings (SSSR count). The van der Waals surface area contributed by atoms with Crippen LogP contribution in [-0.4, -0.2) is 56.3 Å². The molecule has 29 heavy (non-hydrogen) atoms. The molecule has 0 aromatic heterocycles. The molecule has 0 aliphatic carbocycles. The van der Waals surface area contributed by atoms with Gasteiger partial charge in [-0.3, -0.25) is 0 Å². The molecule has 156 valence electrons. The molecule has 4 nitrogen and oxygen atoms in total. The first kappa shape index (κ1) is 20.2. The molecule has 2 aliphatic heterocycles. The van der Waals surface area contributed by atoms with Gasteiger partial charge in [0, 0.05) is 50.6 Å². The zero-order valence-electron chi connectivity index (χ0n) is 18.1. The van der Waals surface area contributed by atoms with Gasteiger partial charge in [-0.1, -0.05) is 30.3 Å². The van der Waals surface area contributed by atoms with Crippen LogP contribution in [0, 0.1) is 5.92 Å². The first-order valence-corrected chi connectivity index (χ1v) is 11.0. The Kier molecular flexibility index (Phi) is 5.84. The highest BCUT2D eigenvalue weighted by atomic mass is 16.3. The first-order chi connectivity index (χ1) is 13.9. The van der Waals surface area contributed by atoms with E-state index in [0.717, 1.165) is 51.3 Å². The summed E-state index contributed by atoms with van der Waals surface area (Å²) in [5.41, 5.74) is 4.40. The lowest BCUT2D eigenvalue weighted by Gasteiger charge is -2.35. The molecule has 0 unspecified atom stereocenters. The molecule has 2 saturated heterocycles. The number of anilines is 2. The number of likely N-dealkylation sites (N-methyl/N-ethyl adjacent to an activating group) is 1. The molecule has 0 radical (unpaired) electrons. The summed E-state index contributed by atoms with van der Waals surface area (Å²) < 4.78 is 0. The van der Waals surface area contributed by atoms with Gasteiger partial charge in [0.2, 0.25) is 0 Å². The van der Waals surface area contributed by atoms with Crippen LogP contribution in [0.4, 0.5) is 11.4 Å².